The highest BCUT2D eigenvalue weighted by Crippen LogP contribution is 2.39. The summed E-state index contributed by atoms with van der Waals surface area (Å²) in [5.74, 6) is 1.40. The van der Waals surface area contributed by atoms with Crippen molar-refractivity contribution in [2.45, 2.75) is 134 Å². The Morgan fingerprint density at radius 1 is 0.809 bits per heavy atom. The molecule has 0 atom stereocenters. The van der Waals surface area contributed by atoms with Crippen LogP contribution in [0.2, 0.25) is 5.82 Å². The van der Waals surface area contributed by atoms with Gasteiger partial charge in [-0.05, 0) is 99.4 Å². The van der Waals surface area contributed by atoms with Crippen LogP contribution < -0.4 is 5.32 Å². The van der Waals surface area contributed by atoms with Crippen molar-refractivity contribution in [2.75, 3.05) is 32.5 Å². The Labute approximate surface area is 290 Å². The molecule has 0 unspecified atom stereocenters. The van der Waals surface area contributed by atoms with Crippen molar-refractivity contribution in [3.8, 4) is 0 Å². The van der Waals surface area contributed by atoms with E-state index in [9.17, 15) is 14.4 Å². The van der Waals surface area contributed by atoms with E-state index >= 15 is 0 Å². The molecular formula is C38H72BN3O5. The average Bonchev–Trinajstić information content (AvgIpc) is 3.20. The molecule has 1 aromatic rings. The Kier molecular flexibility index (Phi) is 26.6. The summed E-state index contributed by atoms with van der Waals surface area (Å²) in [4.78, 5) is 36.1. The predicted octanol–water partition coefficient (Wildman–Crippen LogP) is 8.63. The minimum Gasteiger partial charge on any atom is -0.403 e. The Morgan fingerprint density at radius 2 is 1.23 bits per heavy atom. The summed E-state index contributed by atoms with van der Waals surface area (Å²) >= 11 is 0. The van der Waals surface area contributed by atoms with Gasteiger partial charge >= 0.3 is 7.12 Å². The van der Waals surface area contributed by atoms with E-state index in [1.807, 2.05) is 96.7 Å². The monoisotopic (exact) mass is 662 g/mol. The second-order valence-corrected chi connectivity index (χ2v) is 14.4. The minimum absolute atomic E-state index is 0.0326. The largest absolute Gasteiger partial charge is 0.460 e. The van der Waals surface area contributed by atoms with Crippen LogP contribution >= 0.6 is 0 Å². The molecular weight excluding hydrogens is 589 g/mol. The van der Waals surface area contributed by atoms with Crippen molar-refractivity contribution in [1.82, 2.24) is 9.80 Å². The Morgan fingerprint density at radius 3 is 1.45 bits per heavy atom. The molecule has 47 heavy (non-hydrogen) atoms. The zero-order valence-corrected chi connectivity index (χ0v) is 33.4. The molecule has 1 saturated heterocycles. The van der Waals surface area contributed by atoms with Crippen LogP contribution in [0, 0.1) is 17.8 Å². The summed E-state index contributed by atoms with van der Waals surface area (Å²) in [6.07, 6.45) is 4.16. The van der Waals surface area contributed by atoms with E-state index in [1.54, 1.807) is 0 Å². The molecule has 0 aliphatic carbocycles. The molecule has 1 fully saturated rings. The van der Waals surface area contributed by atoms with E-state index in [-0.39, 0.29) is 42.0 Å². The number of carbonyl (C=O) groups is 3. The fraction of sp³-hybridized carbons (Fsp3) is 0.711. The molecule has 2 rings (SSSR count). The predicted molar refractivity (Wildman–Crippen MR) is 203 cm³/mol. The molecule has 272 valence electrons. The van der Waals surface area contributed by atoms with E-state index < -0.39 is 0 Å². The molecule has 2 amide bonds. The molecule has 0 saturated carbocycles. The Hall–Kier alpha value is -2.49. The molecule has 0 radical (unpaired) electrons. The van der Waals surface area contributed by atoms with Crippen molar-refractivity contribution >= 4 is 30.9 Å². The summed E-state index contributed by atoms with van der Waals surface area (Å²) in [5.41, 5.74) is 0.500. The Bertz CT molecular complexity index is 964. The van der Waals surface area contributed by atoms with E-state index in [1.165, 1.54) is 6.08 Å². The highest BCUT2D eigenvalue weighted by Gasteiger charge is 2.51. The zero-order valence-electron chi connectivity index (χ0n) is 33.4. The second kappa shape index (κ2) is 25.5. The molecule has 1 N–H and O–H groups in total. The molecule has 8 nitrogen and oxygen atoms in total. The van der Waals surface area contributed by atoms with Crippen LogP contribution in [0.4, 0.5) is 5.69 Å². The minimum atomic E-state index is -0.179. The third-order valence-corrected chi connectivity index (χ3v) is 7.56. The number of aldehydes is 1. The van der Waals surface area contributed by atoms with Crippen molar-refractivity contribution in [2.24, 2.45) is 17.8 Å². The van der Waals surface area contributed by atoms with E-state index in [2.05, 4.69) is 79.7 Å². The lowest BCUT2D eigenvalue weighted by Gasteiger charge is -2.32. The van der Waals surface area contributed by atoms with Gasteiger partial charge in [0.1, 0.15) is 6.29 Å². The molecule has 1 heterocycles. The van der Waals surface area contributed by atoms with Crippen molar-refractivity contribution in [3.05, 3.63) is 42.5 Å². The summed E-state index contributed by atoms with van der Waals surface area (Å²) in [6.45, 7) is 34.2. The number of rotatable bonds is 9. The molecule has 0 aromatic heterocycles. The van der Waals surface area contributed by atoms with E-state index in [4.69, 9.17) is 9.31 Å². The maximum Gasteiger partial charge on any atom is 0.460 e. The first-order valence-corrected chi connectivity index (χ1v) is 17.3. The van der Waals surface area contributed by atoms with Crippen LogP contribution in [-0.2, 0) is 23.7 Å². The molecule has 0 bridgehead atoms. The number of carbonyl (C=O) groups excluding carboxylic acids is 3. The van der Waals surface area contributed by atoms with Gasteiger partial charge in [0.15, 0.2) is 0 Å². The first kappa shape index (κ1) is 48.9. The first-order valence-electron chi connectivity index (χ1n) is 17.3. The third kappa shape index (κ3) is 23.5. The number of nitrogens with one attached hydrogen (secondary N) is 1. The molecule has 1 aromatic carbocycles. The second-order valence-electron chi connectivity index (χ2n) is 14.4. The lowest BCUT2D eigenvalue weighted by molar-refractivity contribution is -0.134. The summed E-state index contributed by atoms with van der Waals surface area (Å²) in [5, 5.41) is 2.80. The van der Waals surface area contributed by atoms with Gasteiger partial charge in [0, 0.05) is 36.7 Å². The highest BCUT2D eigenvalue weighted by atomic mass is 16.7. The number of allylic oxidation sites excluding steroid dienone is 2. The smallest absolute Gasteiger partial charge is 0.403 e. The van der Waals surface area contributed by atoms with Crippen molar-refractivity contribution in [3.63, 3.8) is 0 Å². The number of nitrogens with zero attached hydrogens (tertiary/aromatic N) is 2. The van der Waals surface area contributed by atoms with Crippen LogP contribution in [0.1, 0.15) is 111 Å². The fourth-order valence-electron chi connectivity index (χ4n) is 3.14. The Balaban J connectivity index is -0.000000528. The maximum absolute atomic E-state index is 11.2. The molecule has 0 spiro atoms. The molecule has 9 heteroatoms. The number of hydrogen-bond donors (Lipinski definition) is 1. The standard InChI is InChI=1S/C10H13NO.C9H19BO2.C8H17NO.C6H10O.C5H13N/c1-8(2)10(12)11-9-6-4-3-5-7-9;1-7(2)10-11-8(3,4)9(5,6)12-10;1-5-9(6-2)8(10)7(3)4;1-6(2)4-3-5-7;1-5(2)6(3)4/h3-8H,1-2H3,(H,11,12);7H,1-6H3;7H,5-6H2,1-4H3;3-6H,1-2H3;5H,1-4H3/b;;;4-3+;. The van der Waals surface area contributed by atoms with Gasteiger partial charge < -0.3 is 24.4 Å². The van der Waals surface area contributed by atoms with Gasteiger partial charge in [-0.15, -0.1) is 0 Å². The van der Waals surface area contributed by atoms with Crippen LogP contribution in [0.5, 0.6) is 0 Å². The quantitative estimate of drug-likeness (QED) is 0.162. The van der Waals surface area contributed by atoms with Gasteiger partial charge in [-0.2, -0.15) is 0 Å². The van der Waals surface area contributed by atoms with Gasteiger partial charge in [0.05, 0.1) is 11.2 Å². The van der Waals surface area contributed by atoms with Gasteiger partial charge in [0.25, 0.3) is 0 Å². The third-order valence-electron chi connectivity index (χ3n) is 7.56. The van der Waals surface area contributed by atoms with Crippen LogP contribution in [-0.4, -0.2) is 79.4 Å². The van der Waals surface area contributed by atoms with E-state index in [0.717, 1.165) is 25.1 Å². The first-order chi connectivity index (χ1) is 21.5. The SMILES string of the molecule is CC(C)/C=C/C=O.CC(C)B1OC(C)(C)C(C)(C)O1.CC(C)C(=O)Nc1ccccc1.CC(C)N(C)C.CCN(CC)C(=O)C(C)C. The lowest BCUT2D eigenvalue weighted by atomic mass is 9.75. The molecule has 1 aliphatic rings. The normalized spacial score (nSPS) is 14.5. The number of anilines is 1. The number of amides is 2. The number of benzene rings is 1. The topological polar surface area (TPSA) is 88.2 Å². The summed E-state index contributed by atoms with van der Waals surface area (Å²) < 4.78 is 11.6. The van der Waals surface area contributed by atoms with Gasteiger partial charge in [-0.25, -0.2) is 0 Å². The van der Waals surface area contributed by atoms with Crippen molar-refractivity contribution < 1.29 is 23.7 Å². The summed E-state index contributed by atoms with van der Waals surface area (Å²) in [6, 6.07) is 10.2. The van der Waals surface area contributed by atoms with Crippen LogP contribution in [0.25, 0.3) is 0 Å². The van der Waals surface area contributed by atoms with Crippen LogP contribution in [0.3, 0.4) is 0 Å². The highest BCUT2D eigenvalue weighted by molar-refractivity contribution is 6.47. The van der Waals surface area contributed by atoms with Gasteiger partial charge in [-0.3, -0.25) is 14.4 Å². The fourth-order valence-corrected chi connectivity index (χ4v) is 3.14. The lowest BCUT2D eigenvalue weighted by Crippen LogP contribution is -2.41. The number of para-hydroxylation sites is 1. The van der Waals surface area contributed by atoms with E-state index in [0.29, 0.717) is 17.8 Å². The van der Waals surface area contributed by atoms with Crippen LogP contribution in [0.15, 0.2) is 42.5 Å². The van der Waals surface area contributed by atoms with Crippen molar-refractivity contribution in [1.29, 1.82) is 0 Å². The zero-order chi connectivity index (χ0) is 37.5. The summed E-state index contributed by atoms with van der Waals surface area (Å²) in [7, 11) is 4.10. The maximum atomic E-state index is 11.2. The van der Waals surface area contributed by atoms with Gasteiger partial charge in [0.2, 0.25) is 11.8 Å². The number of hydrogen-bond acceptors (Lipinski definition) is 6. The molecule has 1 aliphatic heterocycles. The average molecular weight is 662 g/mol. The van der Waals surface area contributed by atoms with Gasteiger partial charge in [-0.1, -0.05) is 79.7 Å².